The summed E-state index contributed by atoms with van der Waals surface area (Å²) in [5, 5.41) is 21.8. The van der Waals surface area contributed by atoms with Crippen molar-refractivity contribution in [1.29, 1.82) is 5.26 Å². The lowest BCUT2D eigenvalue weighted by Crippen LogP contribution is -2.13. The van der Waals surface area contributed by atoms with E-state index in [1.165, 1.54) is 11.3 Å². The van der Waals surface area contributed by atoms with Gasteiger partial charge in [0.2, 0.25) is 0 Å². The molecular weight excluding hydrogens is 388 g/mol. The molecule has 1 amide bonds. The Labute approximate surface area is 170 Å². The van der Waals surface area contributed by atoms with Crippen LogP contribution < -0.4 is 5.32 Å². The van der Waals surface area contributed by atoms with Gasteiger partial charge >= 0.3 is 0 Å². The molecule has 4 heterocycles. The number of amides is 1. The van der Waals surface area contributed by atoms with E-state index in [4.69, 9.17) is 4.52 Å². The molecule has 0 unspecified atom stereocenters. The van der Waals surface area contributed by atoms with Crippen molar-refractivity contribution in [3.05, 3.63) is 45.6 Å². The van der Waals surface area contributed by atoms with E-state index in [0.29, 0.717) is 38.6 Å². The first kappa shape index (κ1) is 18.8. The zero-order chi connectivity index (χ0) is 20.7. The summed E-state index contributed by atoms with van der Waals surface area (Å²) in [6.07, 6.45) is 1.85. The van der Waals surface area contributed by atoms with Gasteiger partial charge in [0.1, 0.15) is 16.8 Å². The lowest BCUT2D eigenvalue weighted by Gasteiger charge is -2.06. The fourth-order valence-corrected chi connectivity index (χ4v) is 4.11. The number of pyridine rings is 1. The molecule has 0 aromatic carbocycles. The Kier molecular flexibility index (Phi) is 4.64. The fourth-order valence-electron chi connectivity index (χ4n) is 3.10. The van der Waals surface area contributed by atoms with Crippen LogP contribution in [0.15, 0.2) is 22.9 Å². The molecule has 0 fully saturated rings. The first-order valence-corrected chi connectivity index (χ1v) is 9.86. The second-order valence-corrected chi connectivity index (χ2v) is 7.84. The molecule has 0 saturated carbocycles. The maximum atomic E-state index is 13.2. The van der Waals surface area contributed by atoms with Crippen LogP contribution in [-0.4, -0.2) is 25.8 Å². The molecule has 4 aromatic rings. The Balaban J connectivity index is 1.81. The SMILES string of the molecule is CCn1ccc(-c2cc(C(=O)Nc3sc(C)c(C)c3C#N)c3c(C)noc3n2)n1. The molecule has 0 saturated heterocycles. The van der Waals surface area contributed by atoms with Crippen LogP contribution in [0.1, 0.15) is 39.0 Å². The molecule has 29 heavy (non-hydrogen) atoms. The molecular formula is C20H18N6O2S. The van der Waals surface area contributed by atoms with Crippen molar-refractivity contribution in [2.75, 3.05) is 5.32 Å². The number of aromatic nitrogens is 4. The highest BCUT2D eigenvalue weighted by Gasteiger charge is 2.22. The van der Waals surface area contributed by atoms with Gasteiger partial charge in [-0.15, -0.1) is 11.3 Å². The largest absolute Gasteiger partial charge is 0.335 e. The molecule has 0 atom stereocenters. The molecule has 1 N–H and O–H groups in total. The minimum Gasteiger partial charge on any atom is -0.335 e. The van der Waals surface area contributed by atoms with Crippen molar-refractivity contribution in [3.63, 3.8) is 0 Å². The van der Waals surface area contributed by atoms with E-state index >= 15 is 0 Å². The number of rotatable bonds is 4. The smallest absolute Gasteiger partial charge is 0.259 e. The highest BCUT2D eigenvalue weighted by Crippen LogP contribution is 2.33. The zero-order valence-corrected chi connectivity index (χ0v) is 17.2. The first-order valence-electron chi connectivity index (χ1n) is 9.05. The fraction of sp³-hybridized carbons (Fsp3) is 0.250. The van der Waals surface area contributed by atoms with Crippen molar-refractivity contribution >= 4 is 33.3 Å². The number of thiophene rings is 1. The van der Waals surface area contributed by atoms with Crippen LogP contribution in [0.4, 0.5) is 5.00 Å². The van der Waals surface area contributed by atoms with E-state index in [-0.39, 0.29) is 11.6 Å². The quantitative estimate of drug-likeness (QED) is 0.543. The average Bonchev–Trinajstić information content (AvgIpc) is 3.40. The van der Waals surface area contributed by atoms with Crippen LogP contribution >= 0.6 is 11.3 Å². The number of nitrogens with zero attached hydrogens (tertiary/aromatic N) is 5. The number of carbonyl (C=O) groups is 1. The van der Waals surface area contributed by atoms with Crippen molar-refractivity contribution < 1.29 is 9.32 Å². The number of nitriles is 1. The molecule has 9 heteroatoms. The Bertz CT molecular complexity index is 1290. The Morgan fingerprint density at radius 2 is 2.14 bits per heavy atom. The number of nitrogens with one attached hydrogen (secondary N) is 1. The Hall–Kier alpha value is -3.51. The minimum absolute atomic E-state index is 0.273. The third-order valence-electron chi connectivity index (χ3n) is 4.81. The topological polar surface area (TPSA) is 110 Å². The number of hydrogen-bond acceptors (Lipinski definition) is 7. The number of aryl methyl sites for hydroxylation is 3. The maximum Gasteiger partial charge on any atom is 0.259 e. The summed E-state index contributed by atoms with van der Waals surface area (Å²) in [5.74, 6) is -0.349. The number of anilines is 1. The molecule has 0 aliphatic heterocycles. The molecule has 8 nitrogen and oxygen atoms in total. The van der Waals surface area contributed by atoms with Gasteiger partial charge in [0.25, 0.3) is 11.6 Å². The van der Waals surface area contributed by atoms with E-state index in [2.05, 4.69) is 26.6 Å². The van der Waals surface area contributed by atoms with Crippen LogP contribution in [0, 0.1) is 32.1 Å². The van der Waals surface area contributed by atoms with Crippen LogP contribution in [0.5, 0.6) is 0 Å². The van der Waals surface area contributed by atoms with Gasteiger partial charge in [-0.1, -0.05) is 5.16 Å². The zero-order valence-electron chi connectivity index (χ0n) is 16.4. The number of fused-ring (bicyclic) bond motifs is 1. The summed E-state index contributed by atoms with van der Waals surface area (Å²) in [6, 6.07) is 5.69. The average molecular weight is 406 g/mol. The van der Waals surface area contributed by atoms with Gasteiger partial charge in [0.05, 0.1) is 27.9 Å². The molecule has 4 aromatic heterocycles. The molecule has 0 radical (unpaired) electrons. The molecule has 0 aliphatic rings. The highest BCUT2D eigenvalue weighted by atomic mass is 32.1. The molecule has 0 aliphatic carbocycles. The number of hydrogen-bond donors (Lipinski definition) is 1. The van der Waals surface area contributed by atoms with E-state index < -0.39 is 0 Å². The van der Waals surface area contributed by atoms with Gasteiger partial charge in [-0.25, -0.2) is 4.98 Å². The second kappa shape index (κ2) is 7.14. The van der Waals surface area contributed by atoms with Crippen molar-refractivity contribution in [3.8, 4) is 17.5 Å². The Morgan fingerprint density at radius 1 is 1.34 bits per heavy atom. The summed E-state index contributed by atoms with van der Waals surface area (Å²) >= 11 is 1.38. The van der Waals surface area contributed by atoms with Gasteiger partial charge in [0, 0.05) is 17.6 Å². The van der Waals surface area contributed by atoms with Crippen molar-refractivity contribution in [2.24, 2.45) is 0 Å². The van der Waals surface area contributed by atoms with Gasteiger partial charge in [-0.2, -0.15) is 10.4 Å². The van der Waals surface area contributed by atoms with Crippen molar-refractivity contribution in [1.82, 2.24) is 19.9 Å². The summed E-state index contributed by atoms with van der Waals surface area (Å²) in [4.78, 5) is 18.6. The maximum absolute atomic E-state index is 13.2. The van der Waals surface area contributed by atoms with Gasteiger partial charge in [-0.3, -0.25) is 9.48 Å². The van der Waals surface area contributed by atoms with Crippen LogP contribution in [0.3, 0.4) is 0 Å². The summed E-state index contributed by atoms with van der Waals surface area (Å²) in [6.45, 7) is 8.27. The predicted octanol–water partition coefficient (Wildman–Crippen LogP) is 4.22. The lowest BCUT2D eigenvalue weighted by atomic mass is 10.1. The summed E-state index contributed by atoms with van der Waals surface area (Å²) < 4.78 is 7.11. The van der Waals surface area contributed by atoms with Gasteiger partial charge in [-0.05, 0) is 45.4 Å². The molecule has 0 spiro atoms. The normalized spacial score (nSPS) is 11.0. The molecule has 146 valence electrons. The van der Waals surface area contributed by atoms with Crippen molar-refractivity contribution in [2.45, 2.75) is 34.2 Å². The number of carbonyl (C=O) groups excluding carboxylic acids is 1. The van der Waals surface area contributed by atoms with E-state index in [1.807, 2.05) is 33.0 Å². The van der Waals surface area contributed by atoms with E-state index in [1.54, 1.807) is 17.7 Å². The van der Waals surface area contributed by atoms with Gasteiger partial charge in [0.15, 0.2) is 0 Å². The third kappa shape index (κ3) is 3.17. The Morgan fingerprint density at radius 3 is 2.83 bits per heavy atom. The molecule has 0 bridgehead atoms. The monoisotopic (exact) mass is 406 g/mol. The van der Waals surface area contributed by atoms with Crippen LogP contribution in [-0.2, 0) is 6.54 Å². The third-order valence-corrected chi connectivity index (χ3v) is 5.94. The highest BCUT2D eigenvalue weighted by molar-refractivity contribution is 7.16. The summed E-state index contributed by atoms with van der Waals surface area (Å²) in [5.41, 5.74) is 3.73. The minimum atomic E-state index is -0.349. The first-order chi connectivity index (χ1) is 13.9. The van der Waals surface area contributed by atoms with Gasteiger partial charge < -0.3 is 9.84 Å². The van der Waals surface area contributed by atoms with E-state index in [0.717, 1.165) is 17.0 Å². The lowest BCUT2D eigenvalue weighted by molar-refractivity contribution is 0.102. The summed E-state index contributed by atoms with van der Waals surface area (Å²) in [7, 11) is 0. The second-order valence-electron chi connectivity index (χ2n) is 6.61. The van der Waals surface area contributed by atoms with E-state index in [9.17, 15) is 10.1 Å². The standard InChI is InChI=1S/C20H18N6O2S/c1-5-26-7-6-15(24-26)16-8-13(17-11(3)25-28-19(17)22-16)18(27)23-20-14(9-21)10(2)12(4)29-20/h6-8H,5H2,1-4H3,(H,23,27). The van der Waals surface area contributed by atoms with Crippen LogP contribution in [0.25, 0.3) is 22.5 Å². The predicted molar refractivity (Wildman–Crippen MR) is 110 cm³/mol. The van der Waals surface area contributed by atoms with Crippen LogP contribution in [0.2, 0.25) is 0 Å². The molecule has 4 rings (SSSR count).